The Kier molecular flexibility index (Phi) is 5.05. The second kappa shape index (κ2) is 6.99. The van der Waals surface area contributed by atoms with Gasteiger partial charge < -0.3 is 20.5 Å². The Morgan fingerprint density at radius 2 is 2.14 bits per heavy atom. The molecule has 0 bridgehead atoms. The van der Waals surface area contributed by atoms with Crippen LogP contribution in [0.25, 0.3) is 0 Å². The van der Waals surface area contributed by atoms with Crippen LogP contribution in [-0.4, -0.2) is 31.8 Å². The van der Waals surface area contributed by atoms with Crippen molar-refractivity contribution in [2.75, 3.05) is 5.75 Å². The molecule has 0 saturated heterocycles. The van der Waals surface area contributed by atoms with Crippen molar-refractivity contribution >= 4 is 17.7 Å². The van der Waals surface area contributed by atoms with E-state index < -0.39 is 5.69 Å². The highest BCUT2D eigenvalue weighted by Gasteiger charge is 2.07. The Morgan fingerprint density at radius 1 is 1.36 bits per heavy atom. The Hall–Kier alpha value is -2.48. The fraction of sp³-hybridized carbons (Fsp3) is 0.214. The third-order valence-corrected chi connectivity index (χ3v) is 3.92. The van der Waals surface area contributed by atoms with Crippen LogP contribution in [0.1, 0.15) is 11.1 Å². The Morgan fingerprint density at radius 3 is 2.86 bits per heavy atom. The normalized spacial score (nSPS) is 10.4. The largest absolute Gasteiger partial charge is 0.504 e. The van der Waals surface area contributed by atoms with Crippen molar-refractivity contribution in [3.05, 3.63) is 46.0 Å². The van der Waals surface area contributed by atoms with Crippen molar-refractivity contribution < 1.29 is 15.0 Å². The summed E-state index contributed by atoms with van der Waals surface area (Å²) in [6, 6.07) is 4.34. The molecule has 7 nitrogen and oxygen atoms in total. The molecule has 22 heavy (non-hydrogen) atoms. The number of rotatable bonds is 5. The summed E-state index contributed by atoms with van der Waals surface area (Å²) in [7, 11) is 0. The fourth-order valence-corrected chi connectivity index (χ4v) is 2.46. The number of H-pyrrole nitrogens is 1. The van der Waals surface area contributed by atoms with Crippen LogP contribution in [0.5, 0.6) is 11.5 Å². The minimum absolute atomic E-state index is 0.126. The maximum absolute atomic E-state index is 11.8. The molecule has 4 N–H and O–H groups in total. The zero-order valence-corrected chi connectivity index (χ0v) is 12.6. The van der Waals surface area contributed by atoms with Gasteiger partial charge in [0.25, 0.3) is 0 Å². The van der Waals surface area contributed by atoms with Crippen LogP contribution in [0.3, 0.4) is 0 Å². The monoisotopic (exact) mass is 321 g/mol. The Balaban J connectivity index is 1.86. The first-order valence-electron chi connectivity index (χ1n) is 6.42. The third-order valence-electron chi connectivity index (χ3n) is 2.82. The Labute approximate surface area is 130 Å². The van der Waals surface area contributed by atoms with Crippen LogP contribution in [0, 0.1) is 6.92 Å². The fourth-order valence-electron chi connectivity index (χ4n) is 1.66. The van der Waals surface area contributed by atoms with Crippen molar-refractivity contribution in [2.24, 2.45) is 0 Å². The first kappa shape index (κ1) is 15.9. The summed E-state index contributed by atoms with van der Waals surface area (Å²) >= 11 is 1.18. The van der Waals surface area contributed by atoms with Gasteiger partial charge in [-0.25, -0.2) is 4.79 Å². The van der Waals surface area contributed by atoms with Gasteiger partial charge in [-0.1, -0.05) is 17.8 Å². The molecule has 0 aliphatic carbocycles. The number of amides is 1. The molecule has 0 unspecified atom stereocenters. The van der Waals surface area contributed by atoms with Gasteiger partial charge in [0.15, 0.2) is 11.5 Å². The zero-order chi connectivity index (χ0) is 16.1. The highest BCUT2D eigenvalue weighted by Crippen LogP contribution is 2.24. The van der Waals surface area contributed by atoms with Gasteiger partial charge in [0.05, 0.1) is 5.75 Å². The van der Waals surface area contributed by atoms with Gasteiger partial charge in [-0.3, -0.25) is 4.79 Å². The maximum Gasteiger partial charge on any atom is 0.345 e. The molecule has 0 fully saturated rings. The number of aryl methyl sites for hydroxylation is 1. The number of carbonyl (C=O) groups is 1. The molecule has 8 heteroatoms. The first-order valence-corrected chi connectivity index (χ1v) is 7.41. The molecule has 1 amide bonds. The third kappa shape index (κ3) is 4.26. The van der Waals surface area contributed by atoms with Crippen LogP contribution >= 0.6 is 11.8 Å². The highest BCUT2D eigenvalue weighted by atomic mass is 32.2. The number of aromatic hydroxyl groups is 2. The number of aromatic nitrogens is 2. The van der Waals surface area contributed by atoms with Crippen LogP contribution in [0.4, 0.5) is 0 Å². The van der Waals surface area contributed by atoms with Gasteiger partial charge in [0.1, 0.15) is 5.03 Å². The van der Waals surface area contributed by atoms with Crippen molar-refractivity contribution in [2.45, 2.75) is 18.5 Å². The smallest absolute Gasteiger partial charge is 0.345 e. The van der Waals surface area contributed by atoms with Gasteiger partial charge in [-0.2, -0.15) is 4.98 Å². The highest BCUT2D eigenvalue weighted by molar-refractivity contribution is 7.99. The summed E-state index contributed by atoms with van der Waals surface area (Å²) in [5.74, 6) is -0.536. The number of nitrogens with one attached hydrogen (secondary N) is 2. The van der Waals surface area contributed by atoms with Crippen LogP contribution in [0.15, 0.2) is 34.2 Å². The molecule has 0 saturated carbocycles. The maximum atomic E-state index is 11.8. The predicted molar refractivity (Wildman–Crippen MR) is 81.9 cm³/mol. The number of hydrogen-bond donors (Lipinski definition) is 4. The molecule has 0 spiro atoms. The van der Waals surface area contributed by atoms with Crippen molar-refractivity contribution in [3.8, 4) is 11.5 Å². The van der Waals surface area contributed by atoms with Gasteiger partial charge in [-0.15, -0.1) is 0 Å². The van der Waals surface area contributed by atoms with E-state index in [9.17, 15) is 19.8 Å². The average Bonchev–Trinajstić information content (AvgIpc) is 2.49. The van der Waals surface area contributed by atoms with E-state index in [2.05, 4.69) is 15.3 Å². The van der Waals surface area contributed by atoms with E-state index in [0.717, 1.165) is 5.56 Å². The zero-order valence-electron chi connectivity index (χ0n) is 11.8. The number of aromatic amines is 1. The topological polar surface area (TPSA) is 115 Å². The molecule has 1 aromatic carbocycles. The number of nitrogens with zero attached hydrogens (tertiary/aromatic N) is 1. The molecule has 0 atom stereocenters. The molecule has 2 aromatic rings. The first-order chi connectivity index (χ1) is 10.5. The Bertz CT molecular complexity index is 745. The summed E-state index contributed by atoms with van der Waals surface area (Å²) in [5, 5.41) is 21.8. The molecule has 2 rings (SSSR count). The van der Waals surface area contributed by atoms with Crippen molar-refractivity contribution in [1.29, 1.82) is 0 Å². The lowest BCUT2D eigenvalue weighted by atomic mass is 10.2. The lowest BCUT2D eigenvalue weighted by molar-refractivity contribution is -0.118. The molecular weight excluding hydrogens is 306 g/mol. The molecular formula is C14H15N3O4S. The number of phenols is 2. The van der Waals surface area contributed by atoms with E-state index in [1.807, 2.05) is 0 Å². The molecule has 0 radical (unpaired) electrons. The molecule has 0 aliphatic rings. The lowest BCUT2D eigenvalue weighted by Crippen LogP contribution is -2.24. The van der Waals surface area contributed by atoms with Gasteiger partial charge in [0.2, 0.25) is 5.91 Å². The van der Waals surface area contributed by atoms with E-state index in [4.69, 9.17) is 0 Å². The minimum atomic E-state index is -0.451. The van der Waals surface area contributed by atoms with E-state index in [1.54, 1.807) is 19.2 Å². The summed E-state index contributed by atoms with van der Waals surface area (Å²) in [4.78, 5) is 29.2. The summed E-state index contributed by atoms with van der Waals surface area (Å²) in [6.45, 7) is 2.03. The summed E-state index contributed by atoms with van der Waals surface area (Å²) in [5.41, 5.74) is 1.01. The number of hydrogen-bond acceptors (Lipinski definition) is 6. The second-order valence-corrected chi connectivity index (χ2v) is 5.55. The minimum Gasteiger partial charge on any atom is -0.504 e. The van der Waals surface area contributed by atoms with E-state index in [0.29, 0.717) is 10.6 Å². The SMILES string of the molecule is Cc1c[nH]c(=O)nc1SCC(=O)NCc1ccc(O)c(O)c1. The van der Waals surface area contributed by atoms with E-state index in [1.165, 1.54) is 23.9 Å². The van der Waals surface area contributed by atoms with E-state index in [-0.39, 0.29) is 29.7 Å². The molecule has 0 aliphatic heterocycles. The second-order valence-electron chi connectivity index (χ2n) is 4.58. The quantitative estimate of drug-likeness (QED) is 0.369. The molecule has 1 heterocycles. The van der Waals surface area contributed by atoms with Crippen molar-refractivity contribution in [3.63, 3.8) is 0 Å². The van der Waals surface area contributed by atoms with Crippen molar-refractivity contribution in [1.82, 2.24) is 15.3 Å². The van der Waals surface area contributed by atoms with Gasteiger partial charge in [0, 0.05) is 12.7 Å². The summed E-state index contributed by atoms with van der Waals surface area (Å²) in [6.07, 6.45) is 1.55. The molecule has 116 valence electrons. The van der Waals surface area contributed by atoms with Gasteiger partial charge >= 0.3 is 5.69 Å². The number of benzene rings is 1. The lowest BCUT2D eigenvalue weighted by Gasteiger charge is -2.07. The number of phenolic OH excluding ortho intramolecular Hbond substituents is 2. The van der Waals surface area contributed by atoms with Crippen LogP contribution < -0.4 is 11.0 Å². The number of thioether (sulfide) groups is 1. The average molecular weight is 321 g/mol. The standard InChI is InChI=1S/C14H15N3O4S/c1-8-5-16-14(21)17-13(8)22-7-12(20)15-6-9-2-3-10(18)11(19)4-9/h2-5,18-19H,6-7H2,1H3,(H,15,20)(H,16,17,21). The van der Waals surface area contributed by atoms with Crippen LogP contribution in [-0.2, 0) is 11.3 Å². The van der Waals surface area contributed by atoms with Gasteiger partial charge in [-0.05, 0) is 30.2 Å². The van der Waals surface area contributed by atoms with E-state index >= 15 is 0 Å². The predicted octanol–water partition coefficient (Wildman–Crippen LogP) is 0.898. The number of carbonyl (C=O) groups excluding carboxylic acids is 1. The molecule has 1 aromatic heterocycles. The van der Waals surface area contributed by atoms with Crippen LogP contribution in [0.2, 0.25) is 0 Å². The summed E-state index contributed by atoms with van der Waals surface area (Å²) < 4.78 is 0.